The van der Waals surface area contributed by atoms with Gasteiger partial charge in [0.2, 0.25) is 0 Å². The second-order valence-corrected chi connectivity index (χ2v) is 10.1. The molecule has 8 N–H and O–H groups in total. The van der Waals surface area contributed by atoms with Gasteiger partial charge in [0.05, 0.1) is 37.6 Å². The molecule has 0 aromatic heterocycles. The Morgan fingerprint density at radius 1 is 0.487 bits per heavy atom. The zero-order valence-corrected chi connectivity index (χ0v) is 21.5. The molecule has 0 unspecified atom stereocenters. The highest BCUT2D eigenvalue weighted by Crippen LogP contribution is 2.25. The van der Waals surface area contributed by atoms with E-state index in [0.29, 0.717) is 42.5 Å². The Kier molecular flexibility index (Phi) is 9.86. The van der Waals surface area contributed by atoms with Crippen LogP contribution < -0.4 is 19.3 Å². The highest BCUT2D eigenvalue weighted by atomic mass is 16.5. The van der Waals surface area contributed by atoms with Crippen molar-refractivity contribution in [3.63, 3.8) is 0 Å². The Bertz CT molecular complexity index is 913. The lowest BCUT2D eigenvalue weighted by atomic mass is 10.1. The molecule has 2 aliphatic heterocycles. The first-order valence-corrected chi connectivity index (χ1v) is 13.0. The van der Waals surface area contributed by atoms with Gasteiger partial charge in [-0.3, -0.25) is 0 Å². The monoisotopic (exact) mass is 550 g/mol. The van der Waals surface area contributed by atoms with Gasteiger partial charge in [0.15, 0.2) is 0 Å². The third-order valence-corrected chi connectivity index (χ3v) is 7.14. The van der Waals surface area contributed by atoms with E-state index in [4.69, 9.17) is 9.47 Å². The van der Waals surface area contributed by atoms with Gasteiger partial charge in [-0.2, -0.15) is 0 Å². The van der Waals surface area contributed by atoms with Crippen LogP contribution >= 0.6 is 0 Å². The summed E-state index contributed by atoms with van der Waals surface area (Å²) in [6.45, 7) is 1.10. The van der Waals surface area contributed by atoms with E-state index in [1.807, 2.05) is 0 Å². The fourth-order valence-electron chi connectivity index (χ4n) is 4.76. The lowest BCUT2D eigenvalue weighted by molar-refractivity contribution is -0.0894. The number of anilines is 2. The van der Waals surface area contributed by atoms with Crippen molar-refractivity contribution in [2.75, 3.05) is 49.2 Å². The fourth-order valence-corrected chi connectivity index (χ4v) is 4.76. The van der Waals surface area contributed by atoms with Gasteiger partial charge in [0.1, 0.15) is 35.9 Å². The average molecular weight is 551 g/mol. The first-order chi connectivity index (χ1) is 18.6. The normalized spacial score (nSPS) is 31.9. The number of β-amino-alcohol motifs (C(OH)–C–C–N with tert-alkyl or cyclic N) is 4. The predicted molar refractivity (Wildman–Crippen MR) is 141 cm³/mol. The minimum absolute atomic E-state index is 0.0714. The van der Waals surface area contributed by atoms with Crippen LogP contribution in [-0.4, -0.2) is 129 Å². The van der Waals surface area contributed by atoms with E-state index in [9.17, 15) is 40.9 Å². The zero-order valence-electron chi connectivity index (χ0n) is 21.5. The van der Waals surface area contributed by atoms with Crippen molar-refractivity contribution in [2.45, 2.75) is 55.3 Å². The van der Waals surface area contributed by atoms with Crippen molar-refractivity contribution in [3.8, 4) is 11.5 Å². The van der Waals surface area contributed by atoms with Gasteiger partial charge >= 0.3 is 0 Å². The molecule has 0 amide bonds. The summed E-state index contributed by atoms with van der Waals surface area (Å²) in [7, 11) is 0. The molecule has 12 nitrogen and oxygen atoms in total. The second-order valence-electron chi connectivity index (χ2n) is 10.1. The summed E-state index contributed by atoms with van der Waals surface area (Å²) in [5, 5.41) is 79.8. The molecule has 0 spiro atoms. The molecular formula is C27H38N2O10. The summed E-state index contributed by atoms with van der Waals surface area (Å²) in [6.07, 6.45) is -9.82. The van der Waals surface area contributed by atoms with Crippen LogP contribution in [0.15, 0.2) is 48.5 Å². The van der Waals surface area contributed by atoms with E-state index in [-0.39, 0.29) is 26.2 Å². The van der Waals surface area contributed by atoms with Gasteiger partial charge in [0.25, 0.3) is 0 Å². The molecule has 4 rings (SSSR count). The SMILES string of the molecule is O[C@H]1[C@H](O)[C@H](O)CN(c2ccc(OCCCOc3ccc(N4C[C@@H](O)[C@@H](O)[C@H](O)[C@H](O)C4)cc3)cc2)C[C@H]1O. The Hall–Kier alpha value is -2.68. The summed E-state index contributed by atoms with van der Waals surface area (Å²) in [5.74, 6) is 1.27. The molecule has 2 heterocycles. The molecule has 2 saturated heterocycles. The van der Waals surface area contributed by atoms with E-state index < -0.39 is 48.8 Å². The van der Waals surface area contributed by atoms with Crippen molar-refractivity contribution >= 4 is 11.4 Å². The summed E-state index contributed by atoms with van der Waals surface area (Å²) >= 11 is 0. The fraction of sp³-hybridized carbons (Fsp3) is 0.556. The number of ether oxygens (including phenoxy) is 2. The van der Waals surface area contributed by atoms with Gasteiger partial charge in [-0.05, 0) is 48.5 Å². The number of hydrogen-bond acceptors (Lipinski definition) is 12. The number of benzene rings is 2. The minimum Gasteiger partial charge on any atom is -0.493 e. The third kappa shape index (κ3) is 7.29. The number of aliphatic hydroxyl groups excluding tert-OH is 8. The van der Waals surface area contributed by atoms with Crippen LogP contribution in [0.1, 0.15) is 6.42 Å². The van der Waals surface area contributed by atoms with Gasteiger partial charge in [-0.1, -0.05) is 0 Å². The number of hydrogen-bond donors (Lipinski definition) is 8. The summed E-state index contributed by atoms with van der Waals surface area (Å²) in [6, 6.07) is 14.2. The van der Waals surface area contributed by atoms with Gasteiger partial charge in [-0.15, -0.1) is 0 Å². The highest BCUT2D eigenvalue weighted by molar-refractivity contribution is 5.50. The molecular weight excluding hydrogens is 512 g/mol. The zero-order chi connectivity index (χ0) is 28.1. The van der Waals surface area contributed by atoms with Crippen LogP contribution in [0.3, 0.4) is 0 Å². The Balaban J connectivity index is 1.20. The predicted octanol–water partition coefficient (Wildman–Crippen LogP) is -1.94. The lowest BCUT2D eigenvalue weighted by Gasteiger charge is -2.26. The van der Waals surface area contributed by atoms with E-state index in [0.717, 1.165) is 0 Å². The van der Waals surface area contributed by atoms with Crippen molar-refractivity contribution in [1.82, 2.24) is 0 Å². The molecule has 8 atom stereocenters. The topological polar surface area (TPSA) is 187 Å². The molecule has 2 aliphatic rings. The Morgan fingerprint density at radius 3 is 1.05 bits per heavy atom. The van der Waals surface area contributed by atoms with Crippen LogP contribution in [0.25, 0.3) is 0 Å². The average Bonchev–Trinajstić information content (AvgIpc) is 3.09. The smallest absolute Gasteiger partial charge is 0.119 e. The maximum absolute atomic E-state index is 10.1. The molecule has 39 heavy (non-hydrogen) atoms. The van der Waals surface area contributed by atoms with Crippen LogP contribution in [0, 0.1) is 0 Å². The summed E-state index contributed by atoms with van der Waals surface area (Å²) < 4.78 is 11.5. The highest BCUT2D eigenvalue weighted by Gasteiger charge is 2.37. The Labute approximate surface area is 226 Å². The van der Waals surface area contributed by atoms with E-state index in [2.05, 4.69) is 0 Å². The van der Waals surface area contributed by atoms with Crippen LogP contribution in [0.4, 0.5) is 11.4 Å². The lowest BCUT2D eigenvalue weighted by Crippen LogP contribution is -2.43. The number of nitrogens with zero attached hydrogens (tertiary/aromatic N) is 2. The van der Waals surface area contributed by atoms with Gasteiger partial charge in [0, 0.05) is 44.0 Å². The molecule has 2 fully saturated rings. The third-order valence-electron chi connectivity index (χ3n) is 7.14. The van der Waals surface area contributed by atoms with E-state index in [1.165, 1.54) is 0 Å². The quantitative estimate of drug-likeness (QED) is 0.170. The summed E-state index contributed by atoms with van der Waals surface area (Å²) in [5.41, 5.74) is 1.43. The first kappa shape index (κ1) is 29.3. The van der Waals surface area contributed by atoms with Crippen molar-refractivity contribution in [2.24, 2.45) is 0 Å². The van der Waals surface area contributed by atoms with Crippen LogP contribution in [-0.2, 0) is 0 Å². The molecule has 2 aromatic rings. The van der Waals surface area contributed by atoms with Gasteiger partial charge in [-0.25, -0.2) is 0 Å². The second kappa shape index (κ2) is 13.1. The number of aliphatic hydroxyl groups is 8. The molecule has 0 aliphatic carbocycles. The minimum atomic E-state index is -1.42. The van der Waals surface area contributed by atoms with E-state index >= 15 is 0 Å². The largest absolute Gasteiger partial charge is 0.493 e. The number of rotatable bonds is 8. The van der Waals surface area contributed by atoms with E-state index in [1.54, 1.807) is 58.3 Å². The molecule has 2 aromatic carbocycles. The van der Waals surface area contributed by atoms with Crippen LogP contribution in [0.2, 0.25) is 0 Å². The van der Waals surface area contributed by atoms with Crippen molar-refractivity contribution in [3.05, 3.63) is 48.5 Å². The van der Waals surface area contributed by atoms with Gasteiger partial charge < -0.3 is 60.1 Å². The maximum atomic E-state index is 10.1. The summed E-state index contributed by atoms with van der Waals surface area (Å²) in [4.78, 5) is 3.39. The molecule has 0 saturated carbocycles. The molecule has 12 heteroatoms. The standard InChI is InChI=1S/C27H38N2O10/c30-20-12-28(13-21(31)25(35)24(20)34)16-2-6-18(7-3-16)38-10-1-11-39-19-8-4-17(5-9-19)29-14-22(32)26(36)27(37)23(33)15-29/h2-9,20-27,30-37H,1,10-15H2/t20-,21-,22-,23-,24-,25-,26-,27-/m1/s1. The first-order valence-electron chi connectivity index (χ1n) is 13.0. The molecule has 0 radical (unpaired) electrons. The van der Waals surface area contributed by atoms with Crippen molar-refractivity contribution in [1.29, 1.82) is 0 Å². The molecule has 216 valence electrons. The van der Waals surface area contributed by atoms with Crippen molar-refractivity contribution < 1.29 is 50.3 Å². The maximum Gasteiger partial charge on any atom is 0.119 e. The Morgan fingerprint density at radius 2 is 0.769 bits per heavy atom. The molecule has 0 bridgehead atoms. The van der Waals surface area contributed by atoms with Crippen LogP contribution in [0.5, 0.6) is 11.5 Å².